The van der Waals surface area contributed by atoms with E-state index in [0.717, 1.165) is 31.0 Å². The molecule has 1 N–H and O–H groups in total. The molecule has 0 bridgehead atoms. The van der Waals surface area contributed by atoms with Crippen LogP contribution in [0, 0.1) is 6.92 Å². The molecule has 1 aliphatic heterocycles. The molecule has 1 saturated heterocycles. The SMILES string of the molecule is Cc1[nH]c(=O)sc1C(=O)N1CCN(C/C=C/c2ccccc2)CC1. The van der Waals surface area contributed by atoms with Crippen molar-refractivity contribution in [3.05, 3.63) is 62.2 Å². The zero-order valence-electron chi connectivity index (χ0n) is 13.7. The van der Waals surface area contributed by atoms with Gasteiger partial charge in [0.15, 0.2) is 0 Å². The fourth-order valence-corrected chi connectivity index (χ4v) is 3.60. The van der Waals surface area contributed by atoms with Crippen LogP contribution in [0.5, 0.6) is 0 Å². The summed E-state index contributed by atoms with van der Waals surface area (Å²) in [4.78, 5) is 31.1. The molecule has 1 fully saturated rings. The highest BCUT2D eigenvalue weighted by Gasteiger charge is 2.24. The van der Waals surface area contributed by atoms with Gasteiger partial charge in [-0.1, -0.05) is 53.8 Å². The third kappa shape index (κ3) is 4.01. The summed E-state index contributed by atoms with van der Waals surface area (Å²) in [5.41, 5.74) is 1.87. The van der Waals surface area contributed by atoms with Crippen LogP contribution in [0.4, 0.5) is 0 Å². The lowest BCUT2D eigenvalue weighted by molar-refractivity contribution is 0.0654. The molecule has 0 atom stereocenters. The van der Waals surface area contributed by atoms with E-state index in [2.05, 4.69) is 34.2 Å². The van der Waals surface area contributed by atoms with Crippen LogP contribution < -0.4 is 4.87 Å². The van der Waals surface area contributed by atoms with Crippen LogP contribution in [0.15, 0.2) is 41.2 Å². The van der Waals surface area contributed by atoms with Crippen LogP contribution in [-0.4, -0.2) is 53.4 Å². The maximum atomic E-state index is 12.5. The first-order valence-corrected chi connectivity index (χ1v) is 8.88. The topological polar surface area (TPSA) is 56.4 Å². The first-order chi connectivity index (χ1) is 11.6. The first kappa shape index (κ1) is 16.7. The summed E-state index contributed by atoms with van der Waals surface area (Å²) in [6.07, 6.45) is 4.28. The van der Waals surface area contributed by atoms with Crippen molar-refractivity contribution in [3.8, 4) is 0 Å². The van der Waals surface area contributed by atoms with E-state index in [-0.39, 0.29) is 10.8 Å². The fourth-order valence-electron chi connectivity index (χ4n) is 2.79. The summed E-state index contributed by atoms with van der Waals surface area (Å²) < 4.78 is 0. The maximum absolute atomic E-state index is 12.5. The van der Waals surface area contributed by atoms with Crippen molar-refractivity contribution in [2.75, 3.05) is 32.7 Å². The van der Waals surface area contributed by atoms with Crippen molar-refractivity contribution in [1.82, 2.24) is 14.8 Å². The Kier molecular flexibility index (Phi) is 5.27. The highest BCUT2D eigenvalue weighted by Crippen LogP contribution is 2.14. The number of aryl methyl sites for hydroxylation is 1. The van der Waals surface area contributed by atoms with Crippen LogP contribution >= 0.6 is 11.3 Å². The van der Waals surface area contributed by atoms with Crippen molar-refractivity contribution in [3.63, 3.8) is 0 Å². The lowest BCUT2D eigenvalue weighted by Gasteiger charge is -2.34. The molecule has 6 heteroatoms. The summed E-state index contributed by atoms with van der Waals surface area (Å²) >= 11 is 1.00. The Morgan fingerprint density at radius 3 is 2.54 bits per heavy atom. The first-order valence-electron chi connectivity index (χ1n) is 8.06. The van der Waals surface area contributed by atoms with Crippen LogP contribution in [0.2, 0.25) is 0 Å². The maximum Gasteiger partial charge on any atom is 0.305 e. The third-order valence-corrected chi connectivity index (χ3v) is 5.12. The van der Waals surface area contributed by atoms with Gasteiger partial charge in [0.05, 0.1) is 0 Å². The molecule has 3 rings (SSSR count). The Morgan fingerprint density at radius 2 is 1.92 bits per heavy atom. The highest BCUT2D eigenvalue weighted by molar-refractivity contribution is 7.11. The van der Waals surface area contributed by atoms with Gasteiger partial charge in [-0.05, 0) is 12.5 Å². The van der Waals surface area contributed by atoms with Crippen molar-refractivity contribution < 1.29 is 4.79 Å². The van der Waals surface area contributed by atoms with Crippen molar-refractivity contribution in [2.24, 2.45) is 0 Å². The number of benzene rings is 1. The van der Waals surface area contributed by atoms with E-state index in [0.29, 0.717) is 23.7 Å². The zero-order valence-corrected chi connectivity index (χ0v) is 14.5. The second-order valence-corrected chi connectivity index (χ2v) is 6.86. The molecule has 1 amide bonds. The van der Waals surface area contributed by atoms with E-state index in [4.69, 9.17) is 0 Å². The smallest absolute Gasteiger partial charge is 0.305 e. The van der Waals surface area contributed by atoms with Gasteiger partial charge in [0.1, 0.15) is 4.88 Å². The fraction of sp³-hybridized carbons (Fsp3) is 0.333. The molecule has 24 heavy (non-hydrogen) atoms. The van der Waals surface area contributed by atoms with E-state index in [1.807, 2.05) is 23.1 Å². The van der Waals surface area contributed by atoms with E-state index in [1.165, 1.54) is 5.56 Å². The molecule has 0 aliphatic carbocycles. The number of thiazole rings is 1. The Hall–Kier alpha value is -2.18. The Labute approximate surface area is 145 Å². The van der Waals surface area contributed by atoms with E-state index in [1.54, 1.807) is 6.92 Å². The van der Waals surface area contributed by atoms with E-state index < -0.39 is 0 Å². The molecular formula is C18H21N3O2S. The van der Waals surface area contributed by atoms with Gasteiger partial charge in [-0.2, -0.15) is 0 Å². The summed E-state index contributed by atoms with van der Waals surface area (Å²) in [7, 11) is 0. The third-order valence-electron chi connectivity index (χ3n) is 4.15. The number of amides is 1. The number of aromatic amines is 1. The Balaban J connectivity index is 1.51. The molecule has 0 spiro atoms. The van der Waals surface area contributed by atoms with Gasteiger partial charge in [-0.25, -0.2) is 0 Å². The number of hydrogen-bond acceptors (Lipinski definition) is 4. The average molecular weight is 343 g/mol. The van der Waals surface area contributed by atoms with Crippen LogP contribution in [0.25, 0.3) is 6.08 Å². The van der Waals surface area contributed by atoms with Crippen LogP contribution in [-0.2, 0) is 0 Å². The minimum atomic E-state index is -0.166. The molecule has 0 unspecified atom stereocenters. The number of piperazine rings is 1. The molecule has 1 aliphatic rings. The average Bonchev–Trinajstić information content (AvgIpc) is 2.94. The number of aromatic nitrogens is 1. The predicted octanol–water partition coefficient (Wildman–Crippen LogP) is 2.22. The quantitative estimate of drug-likeness (QED) is 0.926. The molecule has 5 nitrogen and oxygen atoms in total. The molecule has 0 saturated carbocycles. The highest BCUT2D eigenvalue weighted by atomic mass is 32.1. The molecule has 126 valence electrons. The molecule has 0 radical (unpaired) electrons. The van der Waals surface area contributed by atoms with E-state index >= 15 is 0 Å². The summed E-state index contributed by atoms with van der Waals surface area (Å²) in [5, 5.41) is 0. The Bertz CT molecular complexity index is 771. The van der Waals surface area contributed by atoms with Gasteiger partial charge in [-0.15, -0.1) is 0 Å². The van der Waals surface area contributed by atoms with E-state index in [9.17, 15) is 9.59 Å². The number of H-pyrrole nitrogens is 1. The minimum absolute atomic E-state index is 0.0321. The van der Waals surface area contributed by atoms with Gasteiger partial charge in [0.25, 0.3) is 5.91 Å². The van der Waals surface area contributed by atoms with Crippen LogP contribution in [0.3, 0.4) is 0 Å². The summed E-state index contributed by atoms with van der Waals surface area (Å²) in [6, 6.07) is 10.2. The van der Waals surface area contributed by atoms with Crippen molar-refractivity contribution in [1.29, 1.82) is 0 Å². The second-order valence-electron chi connectivity index (χ2n) is 5.87. The molecular weight excluding hydrogens is 322 g/mol. The lowest BCUT2D eigenvalue weighted by atomic mass is 10.2. The van der Waals surface area contributed by atoms with Gasteiger partial charge in [0.2, 0.25) is 0 Å². The number of carbonyl (C=O) groups is 1. The monoisotopic (exact) mass is 343 g/mol. The molecule has 1 aromatic heterocycles. The van der Waals surface area contributed by atoms with Crippen molar-refractivity contribution >= 4 is 23.3 Å². The molecule has 1 aromatic carbocycles. The zero-order chi connectivity index (χ0) is 16.9. The minimum Gasteiger partial charge on any atom is -0.335 e. The predicted molar refractivity (Wildman–Crippen MR) is 97.5 cm³/mol. The number of carbonyl (C=O) groups excluding carboxylic acids is 1. The number of hydrogen-bond donors (Lipinski definition) is 1. The lowest BCUT2D eigenvalue weighted by Crippen LogP contribution is -2.48. The van der Waals surface area contributed by atoms with Gasteiger partial charge < -0.3 is 9.88 Å². The second kappa shape index (κ2) is 7.59. The van der Waals surface area contributed by atoms with Gasteiger partial charge in [-0.3, -0.25) is 14.5 Å². The van der Waals surface area contributed by atoms with Gasteiger partial charge in [0, 0.05) is 38.4 Å². The summed E-state index contributed by atoms with van der Waals surface area (Å²) in [5.74, 6) is -0.0321. The number of rotatable bonds is 4. The largest absolute Gasteiger partial charge is 0.335 e. The van der Waals surface area contributed by atoms with Crippen LogP contribution in [0.1, 0.15) is 20.9 Å². The Morgan fingerprint density at radius 1 is 1.21 bits per heavy atom. The number of nitrogens with zero attached hydrogens (tertiary/aromatic N) is 2. The number of nitrogens with one attached hydrogen (secondary N) is 1. The molecule has 2 heterocycles. The van der Waals surface area contributed by atoms with Crippen molar-refractivity contribution in [2.45, 2.75) is 6.92 Å². The van der Waals surface area contributed by atoms with Gasteiger partial charge >= 0.3 is 4.87 Å². The summed E-state index contributed by atoms with van der Waals surface area (Å²) in [6.45, 7) is 5.75. The molecule has 2 aromatic rings. The normalized spacial score (nSPS) is 16.0. The standard InChI is InChI=1S/C18H21N3O2S/c1-14-16(24-18(23)19-14)17(22)21-12-10-20(11-13-21)9-5-8-15-6-3-2-4-7-15/h2-8H,9-13H2,1H3,(H,19,23)/b8-5+.